The SMILES string of the molecule is CC(Cn1ccnc1)NCc1ccc([N+](=O)[O-])o1. The van der Waals surface area contributed by atoms with Crippen molar-refractivity contribution in [2.24, 2.45) is 0 Å². The summed E-state index contributed by atoms with van der Waals surface area (Å²) in [7, 11) is 0. The molecular weight excluding hydrogens is 236 g/mol. The molecule has 0 aliphatic rings. The van der Waals surface area contributed by atoms with E-state index in [9.17, 15) is 10.1 Å². The number of hydrogen-bond donors (Lipinski definition) is 1. The Bertz CT molecular complexity index is 506. The van der Waals surface area contributed by atoms with Gasteiger partial charge >= 0.3 is 5.88 Å². The van der Waals surface area contributed by atoms with Gasteiger partial charge in [0.05, 0.1) is 18.9 Å². The lowest BCUT2D eigenvalue weighted by Crippen LogP contribution is -2.29. The summed E-state index contributed by atoms with van der Waals surface area (Å²) in [4.78, 5) is 13.9. The summed E-state index contributed by atoms with van der Waals surface area (Å²) in [6.07, 6.45) is 5.36. The molecule has 0 fully saturated rings. The summed E-state index contributed by atoms with van der Waals surface area (Å²) in [5.74, 6) is 0.327. The van der Waals surface area contributed by atoms with Gasteiger partial charge in [-0.2, -0.15) is 0 Å². The molecule has 2 rings (SSSR count). The Balaban J connectivity index is 1.81. The number of imidazole rings is 1. The van der Waals surface area contributed by atoms with Gasteiger partial charge in [0.15, 0.2) is 0 Å². The van der Waals surface area contributed by atoms with E-state index in [1.165, 1.54) is 6.07 Å². The van der Waals surface area contributed by atoms with Gasteiger partial charge in [0, 0.05) is 25.0 Å². The van der Waals surface area contributed by atoms with E-state index in [2.05, 4.69) is 10.3 Å². The van der Waals surface area contributed by atoms with Gasteiger partial charge in [0.2, 0.25) is 0 Å². The van der Waals surface area contributed by atoms with Gasteiger partial charge in [0.25, 0.3) is 0 Å². The van der Waals surface area contributed by atoms with Crippen LogP contribution in [-0.2, 0) is 13.1 Å². The lowest BCUT2D eigenvalue weighted by molar-refractivity contribution is -0.402. The first-order chi connectivity index (χ1) is 8.65. The van der Waals surface area contributed by atoms with E-state index in [-0.39, 0.29) is 11.9 Å². The average molecular weight is 250 g/mol. The Labute approximate surface area is 104 Å². The molecule has 0 radical (unpaired) electrons. The van der Waals surface area contributed by atoms with E-state index in [0.717, 1.165) is 6.54 Å². The zero-order valence-electron chi connectivity index (χ0n) is 9.94. The van der Waals surface area contributed by atoms with Crippen LogP contribution in [0.5, 0.6) is 0 Å². The molecule has 0 amide bonds. The number of nitro groups is 1. The summed E-state index contributed by atoms with van der Waals surface area (Å²) in [5.41, 5.74) is 0. The number of nitrogens with zero attached hydrogens (tertiary/aromatic N) is 3. The Morgan fingerprint density at radius 2 is 2.44 bits per heavy atom. The molecule has 1 unspecified atom stereocenters. The molecule has 2 aromatic rings. The summed E-state index contributed by atoms with van der Waals surface area (Å²) in [6, 6.07) is 3.18. The minimum atomic E-state index is -0.543. The van der Waals surface area contributed by atoms with E-state index in [4.69, 9.17) is 4.42 Å². The second kappa shape index (κ2) is 5.46. The van der Waals surface area contributed by atoms with Crippen LogP contribution >= 0.6 is 0 Å². The van der Waals surface area contributed by atoms with Crippen LogP contribution < -0.4 is 5.32 Å². The number of hydrogen-bond acceptors (Lipinski definition) is 5. The summed E-state index contributed by atoms with van der Waals surface area (Å²) >= 11 is 0. The van der Waals surface area contributed by atoms with E-state index in [1.54, 1.807) is 18.6 Å². The lowest BCUT2D eigenvalue weighted by Gasteiger charge is -2.12. The largest absolute Gasteiger partial charge is 0.433 e. The van der Waals surface area contributed by atoms with E-state index in [0.29, 0.717) is 12.3 Å². The van der Waals surface area contributed by atoms with Crippen molar-refractivity contribution in [2.75, 3.05) is 0 Å². The van der Waals surface area contributed by atoms with Gasteiger partial charge in [0.1, 0.15) is 10.7 Å². The van der Waals surface area contributed by atoms with Crippen LogP contribution in [0.2, 0.25) is 0 Å². The molecule has 0 saturated carbocycles. The van der Waals surface area contributed by atoms with Gasteiger partial charge < -0.3 is 14.3 Å². The minimum Gasteiger partial charge on any atom is -0.404 e. The molecular formula is C11H14N4O3. The fourth-order valence-corrected chi connectivity index (χ4v) is 1.61. The molecule has 0 aliphatic carbocycles. The Morgan fingerprint density at radius 3 is 3.06 bits per heavy atom. The molecule has 96 valence electrons. The van der Waals surface area contributed by atoms with Crippen LogP contribution in [-0.4, -0.2) is 20.5 Å². The smallest absolute Gasteiger partial charge is 0.404 e. The van der Waals surface area contributed by atoms with Gasteiger partial charge in [-0.1, -0.05) is 0 Å². The quantitative estimate of drug-likeness (QED) is 0.621. The Morgan fingerprint density at radius 1 is 1.61 bits per heavy atom. The molecule has 1 N–H and O–H groups in total. The maximum atomic E-state index is 10.4. The van der Waals surface area contributed by atoms with Crippen molar-refractivity contribution in [1.82, 2.24) is 14.9 Å². The second-order valence-electron chi connectivity index (χ2n) is 4.04. The zero-order valence-corrected chi connectivity index (χ0v) is 9.94. The molecule has 2 heterocycles. The summed E-state index contributed by atoms with van der Waals surface area (Å²) in [5, 5.41) is 13.7. The molecule has 18 heavy (non-hydrogen) atoms. The van der Waals surface area contributed by atoms with Gasteiger partial charge in [-0.3, -0.25) is 10.1 Å². The Hall–Kier alpha value is -2.15. The highest BCUT2D eigenvalue weighted by atomic mass is 16.6. The lowest BCUT2D eigenvalue weighted by atomic mass is 10.3. The summed E-state index contributed by atoms with van der Waals surface area (Å²) < 4.78 is 7.01. The van der Waals surface area contributed by atoms with Crippen LogP contribution in [0.1, 0.15) is 12.7 Å². The van der Waals surface area contributed by atoms with Crippen LogP contribution in [0.25, 0.3) is 0 Å². The van der Waals surface area contributed by atoms with Crippen molar-refractivity contribution in [2.45, 2.75) is 26.1 Å². The first-order valence-corrected chi connectivity index (χ1v) is 5.57. The van der Waals surface area contributed by atoms with Crippen LogP contribution in [0.15, 0.2) is 35.3 Å². The van der Waals surface area contributed by atoms with Crippen LogP contribution in [0.4, 0.5) is 5.88 Å². The predicted molar refractivity (Wildman–Crippen MR) is 63.9 cm³/mol. The highest BCUT2D eigenvalue weighted by Crippen LogP contribution is 2.15. The average Bonchev–Trinajstić information content (AvgIpc) is 2.96. The topological polar surface area (TPSA) is 86.1 Å². The first-order valence-electron chi connectivity index (χ1n) is 5.57. The highest BCUT2D eigenvalue weighted by Gasteiger charge is 2.12. The number of aromatic nitrogens is 2. The Kier molecular flexibility index (Phi) is 3.73. The molecule has 2 aromatic heterocycles. The van der Waals surface area contributed by atoms with Crippen molar-refractivity contribution in [3.8, 4) is 0 Å². The molecule has 0 bridgehead atoms. The molecule has 7 nitrogen and oxygen atoms in total. The van der Waals surface area contributed by atoms with Crippen molar-refractivity contribution < 1.29 is 9.34 Å². The molecule has 7 heteroatoms. The third-order valence-electron chi connectivity index (χ3n) is 2.50. The second-order valence-corrected chi connectivity index (χ2v) is 4.04. The maximum absolute atomic E-state index is 10.4. The molecule has 0 saturated heterocycles. The van der Waals surface area contributed by atoms with Crippen LogP contribution in [0.3, 0.4) is 0 Å². The maximum Gasteiger partial charge on any atom is 0.433 e. The fourth-order valence-electron chi connectivity index (χ4n) is 1.61. The van der Waals surface area contributed by atoms with Crippen molar-refractivity contribution in [1.29, 1.82) is 0 Å². The van der Waals surface area contributed by atoms with Crippen molar-refractivity contribution in [3.63, 3.8) is 0 Å². The van der Waals surface area contributed by atoms with E-state index < -0.39 is 4.92 Å². The zero-order chi connectivity index (χ0) is 13.0. The van der Waals surface area contributed by atoms with E-state index in [1.807, 2.05) is 17.7 Å². The number of furan rings is 1. The molecule has 0 aliphatic heterocycles. The fraction of sp³-hybridized carbons (Fsp3) is 0.364. The predicted octanol–water partition coefficient (Wildman–Crippen LogP) is 1.56. The monoisotopic (exact) mass is 250 g/mol. The molecule has 0 spiro atoms. The van der Waals surface area contributed by atoms with Crippen molar-refractivity contribution >= 4 is 5.88 Å². The highest BCUT2D eigenvalue weighted by molar-refractivity contribution is 5.17. The first kappa shape index (κ1) is 12.3. The molecule has 0 aromatic carbocycles. The number of nitrogens with one attached hydrogen (secondary N) is 1. The third-order valence-corrected chi connectivity index (χ3v) is 2.50. The standard InChI is InChI=1S/C11H14N4O3/c1-9(7-14-5-4-12-8-14)13-6-10-2-3-11(18-10)15(16)17/h2-5,8-9,13H,6-7H2,1H3. The summed E-state index contributed by atoms with van der Waals surface area (Å²) in [6.45, 7) is 3.27. The van der Waals surface area contributed by atoms with Gasteiger partial charge in [-0.15, -0.1) is 0 Å². The van der Waals surface area contributed by atoms with Gasteiger partial charge in [-0.05, 0) is 13.0 Å². The van der Waals surface area contributed by atoms with E-state index >= 15 is 0 Å². The minimum absolute atomic E-state index is 0.211. The van der Waals surface area contributed by atoms with Gasteiger partial charge in [-0.25, -0.2) is 4.98 Å². The van der Waals surface area contributed by atoms with Crippen molar-refractivity contribution in [3.05, 3.63) is 46.7 Å². The molecule has 1 atom stereocenters. The third kappa shape index (κ3) is 3.17. The number of rotatable bonds is 6. The van der Waals surface area contributed by atoms with Crippen LogP contribution in [0, 0.1) is 10.1 Å². The normalized spacial score (nSPS) is 12.5.